The molecule has 2 N–H and O–H groups in total. The van der Waals surface area contributed by atoms with Crippen LogP contribution in [-0.2, 0) is 11.2 Å². The van der Waals surface area contributed by atoms with E-state index in [4.69, 9.17) is 8.83 Å². The molecular formula is C29H24N4O4. The first-order chi connectivity index (χ1) is 18.0. The number of hydrogen-bond donors (Lipinski definition) is 2. The molecule has 0 saturated heterocycles. The molecule has 37 heavy (non-hydrogen) atoms. The van der Waals surface area contributed by atoms with E-state index in [1.807, 2.05) is 30.3 Å². The molecule has 184 valence electrons. The first-order valence-corrected chi connectivity index (χ1v) is 11.8. The maximum absolute atomic E-state index is 13.0. The van der Waals surface area contributed by atoms with Crippen molar-refractivity contribution in [2.75, 3.05) is 10.6 Å². The predicted molar refractivity (Wildman–Crippen MR) is 141 cm³/mol. The third kappa shape index (κ3) is 5.48. The Balaban J connectivity index is 1.41. The Kier molecular flexibility index (Phi) is 6.63. The Morgan fingerprint density at radius 2 is 1.49 bits per heavy atom. The maximum atomic E-state index is 13.0. The van der Waals surface area contributed by atoms with Gasteiger partial charge < -0.3 is 14.2 Å². The average Bonchev–Trinajstić information content (AvgIpc) is 3.61. The van der Waals surface area contributed by atoms with Crippen LogP contribution in [0.3, 0.4) is 0 Å². The maximum Gasteiger partial charge on any atom is 0.322 e. The second-order valence-electron chi connectivity index (χ2n) is 8.45. The fourth-order valence-electron chi connectivity index (χ4n) is 3.93. The molecular weight excluding hydrogens is 468 g/mol. The highest BCUT2D eigenvalue weighted by atomic mass is 16.4. The summed E-state index contributed by atoms with van der Waals surface area (Å²) in [5.74, 6) is -0.157. The van der Waals surface area contributed by atoms with Gasteiger partial charge in [0.05, 0.1) is 6.26 Å². The SMILES string of the molecule is CCc1ccc(-c2ccc(-c3cc(NC(C)=O)cc(C(=O)Nc4nnc(-c5ccco5)o4)c3)cc2)cc1. The molecule has 0 bridgehead atoms. The standard InChI is InChI=1S/C29H24N4O4/c1-3-19-6-8-20(9-7-19)21-10-12-22(13-11-21)23-15-24(17-25(16-23)30-18(2)34)27(35)31-29-33-32-28(37-29)26-5-4-14-36-26/h4-17H,3H2,1-2H3,(H,30,34)(H,31,33,35). The predicted octanol–water partition coefficient (Wildman–Crippen LogP) is 6.44. The summed E-state index contributed by atoms with van der Waals surface area (Å²) in [5.41, 5.74) is 5.99. The summed E-state index contributed by atoms with van der Waals surface area (Å²) >= 11 is 0. The van der Waals surface area contributed by atoms with Crippen molar-refractivity contribution in [3.8, 4) is 33.9 Å². The van der Waals surface area contributed by atoms with E-state index in [0.29, 0.717) is 17.0 Å². The highest BCUT2D eigenvalue weighted by molar-refractivity contribution is 6.05. The van der Waals surface area contributed by atoms with Gasteiger partial charge in [-0.25, -0.2) is 0 Å². The number of rotatable bonds is 7. The first kappa shape index (κ1) is 23.7. The Hall–Kier alpha value is -4.98. The van der Waals surface area contributed by atoms with E-state index in [1.54, 1.807) is 24.3 Å². The molecule has 3 aromatic carbocycles. The second kappa shape index (κ2) is 10.3. The number of hydrogen-bond acceptors (Lipinski definition) is 6. The van der Waals surface area contributed by atoms with E-state index in [1.165, 1.54) is 18.8 Å². The summed E-state index contributed by atoms with van der Waals surface area (Å²) in [6.45, 7) is 3.55. The molecule has 5 aromatic rings. The fourth-order valence-corrected chi connectivity index (χ4v) is 3.93. The van der Waals surface area contributed by atoms with Crippen molar-refractivity contribution in [1.82, 2.24) is 10.2 Å². The topological polar surface area (TPSA) is 110 Å². The molecule has 0 aliphatic rings. The molecule has 5 rings (SSSR count). The number of anilines is 2. The van der Waals surface area contributed by atoms with Gasteiger partial charge in [0.15, 0.2) is 5.76 Å². The van der Waals surface area contributed by atoms with E-state index in [0.717, 1.165) is 28.7 Å². The minimum Gasteiger partial charge on any atom is -0.459 e. The van der Waals surface area contributed by atoms with Crippen LogP contribution in [0.4, 0.5) is 11.7 Å². The van der Waals surface area contributed by atoms with Gasteiger partial charge in [-0.3, -0.25) is 14.9 Å². The van der Waals surface area contributed by atoms with Gasteiger partial charge in [-0.2, -0.15) is 0 Å². The molecule has 0 atom stereocenters. The van der Waals surface area contributed by atoms with E-state index in [9.17, 15) is 9.59 Å². The highest BCUT2D eigenvalue weighted by Crippen LogP contribution is 2.29. The lowest BCUT2D eigenvalue weighted by Gasteiger charge is -2.11. The fraction of sp³-hybridized carbons (Fsp3) is 0.103. The lowest BCUT2D eigenvalue weighted by Crippen LogP contribution is -2.14. The Morgan fingerprint density at radius 1 is 0.811 bits per heavy atom. The minimum absolute atomic E-state index is 0.0682. The molecule has 0 aliphatic heterocycles. The van der Waals surface area contributed by atoms with Gasteiger partial charge >= 0.3 is 6.01 Å². The molecule has 0 fully saturated rings. The van der Waals surface area contributed by atoms with Crippen LogP contribution in [0.5, 0.6) is 0 Å². The number of benzene rings is 3. The number of nitrogens with one attached hydrogen (secondary N) is 2. The van der Waals surface area contributed by atoms with Crippen LogP contribution >= 0.6 is 0 Å². The van der Waals surface area contributed by atoms with Crippen molar-refractivity contribution in [2.45, 2.75) is 20.3 Å². The molecule has 8 heteroatoms. The number of aryl methyl sites for hydroxylation is 1. The summed E-state index contributed by atoms with van der Waals surface area (Å²) in [5, 5.41) is 13.1. The number of amides is 2. The summed E-state index contributed by atoms with van der Waals surface area (Å²) < 4.78 is 10.7. The average molecular weight is 493 g/mol. The van der Waals surface area contributed by atoms with E-state index < -0.39 is 5.91 Å². The van der Waals surface area contributed by atoms with Crippen molar-refractivity contribution < 1.29 is 18.4 Å². The lowest BCUT2D eigenvalue weighted by molar-refractivity contribution is -0.114. The molecule has 2 heterocycles. The number of carbonyl (C=O) groups is 2. The Bertz CT molecular complexity index is 1540. The van der Waals surface area contributed by atoms with Crippen molar-refractivity contribution >= 4 is 23.5 Å². The van der Waals surface area contributed by atoms with Crippen LogP contribution < -0.4 is 10.6 Å². The van der Waals surface area contributed by atoms with Gasteiger partial charge in [0.2, 0.25) is 5.91 Å². The third-order valence-corrected chi connectivity index (χ3v) is 5.81. The third-order valence-electron chi connectivity index (χ3n) is 5.81. The normalized spacial score (nSPS) is 10.8. The van der Waals surface area contributed by atoms with E-state index >= 15 is 0 Å². The van der Waals surface area contributed by atoms with Gasteiger partial charge in [-0.1, -0.05) is 60.6 Å². The Labute approximate surface area is 213 Å². The quantitative estimate of drug-likeness (QED) is 0.271. The molecule has 0 spiro atoms. The minimum atomic E-state index is -0.462. The molecule has 0 saturated carbocycles. The van der Waals surface area contributed by atoms with Crippen LogP contribution in [0.25, 0.3) is 33.9 Å². The highest BCUT2D eigenvalue weighted by Gasteiger charge is 2.16. The van der Waals surface area contributed by atoms with Gasteiger partial charge in [0.25, 0.3) is 11.8 Å². The van der Waals surface area contributed by atoms with Crippen molar-refractivity contribution in [2.24, 2.45) is 0 Å². The van der Waals surface area contributed by atoms with Crippen molar-refractivity contribution in [3.63, 3.8) is 0 Å². The zero-order valence-electron chi connectivity index (χ0n) is 20.3. The zero-order valence-corrected chi connectivity index (χ0v) is 20.3. The largest absolute Gasteiger partial charge is 0.459 e. The van der Waals surface area contributed by atoms with Crippen LogP contribution in [0.1, 0.15) is 29.8 Å². The van der Waals surface area contributed by atoms with Gasteiger partial charge in [-0.15, -0.1) is 5.10 Å². The number of furan rings is 1. The van der Waals surface area contributed by atoms with Crippen LogP contribution in [0.2, 0.25) is 0 Å². The molecule has 0 aliphatic carbocycles. The zero-order chi connectivity index (χ0) is 25.8. The smallest absolute Gasteiger partial charge is 0.322 e. The summed E-state index contributed by atoms with van der Waals surface area (Å²) in [7, 11) is 0. The summed E-state index contributed by atoms with van der Waals surface area (Å²) in [4.78, 5) is 24.8. The van der Waals surface area contributed by atoms with Crippen LogP contribution in [0, 0.1) is 0 Å². The van der Waals surface area contributed by atoms with E-state index in [-0.39, 0.29) is 17.8 Å². The summed E-state index contributed by atoms with van der Waals surface area (Å²) in [6, 6.07) is 25.0. The van der Waals surface area contributed by atoms with Gasteiger partial charge in [-0.05, 0) is 64.6 Å². The molecule has 8 nitrogen and oxygen atoms in total. The van der Waals surface area contributed by atoms with E-state index in [2.05, 4.69) is 52.0 Å². The Morgan fingerprint density at radius 3 is 2.11 bits per heavy atom. The second-order valence-corrected chi connectivity index (χ2v) is 8.45. The summed E-state index contributed by atoms with van der Waals surface area (Å²) in [6.07, 6.45) is 2.48. The number of nitrogens with zero attached hydrogens (tertiary/aromatic N) is 2. The number of carbonyl (C=O) groups excluding carboxylic acids is 2. The first-order valence-electron chi connectivity index (χ1n) is 11.8. The molecule has 0 unspecified atom stereocenters. The number of aromatic nitrogens is 2. The van der Waals surface area contributed by atoms with Crippen LogP contribution in [0.15, 0.2) is 94.0 Å². The van der Waals surface area contributed by atoms with Crippen LogP contribution in [-0.4, -0.2) is 22.0 Å². The van der Waals surface area contributed by atoms with Gasteiger partial charge in [0, 0.05) is 18.2 Å². The molecule has 0 radical (unpaired) electrons. The monoisotopic (exact) mass is 492 g/mol. The van der Waals surface area contributed by atoms with Gasteiger partial charge in [0.1, 0.15) is 0 Å². The van der Waals surface area contributed by atoms with Crippen molar-refractivity contribution in [3.05, 3.63) is 96.3 Å². The molecule has 2 amide bonds. The lowest BCUT2D eigenvalue weighted by atomic mass is 9.97. The van der Waals surface area contributed by atoms with Crippen molar-refractivity contribution in [1.29, 1.82) is 0 Å². The molecule has 2 aromatic heterocycles.